The van der Waals surface area contributed by atoms with Gasteiger partial charge in [-0.05, 0) is 31.2 Å². The van der Waals surface area contributed by atoms with E-state index in [9.17, 15) is 9.18 Å². The summed E-state index contributed by atoms with van der Waals surface area (Å²) in [4.78, 5) is 10.5. The van der Waals surface area contributed by atoms with Crippen LogP contribution in [0.2, 0.25) is 0 Å². The number of halogens is 1. The fourth-order valence-corrected chi connectivity index (χ4v) is 1.93. The van der Waals surface area contributed by atoms with Crippen molar-refractivity contribution in [3.05, 3.63) is 41.3 Å². The first kappa shape index (κ1) is 11.4. The summed E-state index contributed by atoms with van der Waals surface area (Å²) in [6, 6.07) is 4.49. The van der Waals surface area contributed by atoms with Crippen LogP contribution in [0, 0.1) is 12.7 Å². The molecule has 0 amide bonds. The van der Waals surface area contributed by atoms with Crippen molar-refractivity contribution in [2.45, 2.75) is 6.92 Å². The third-order valence-electron chi connectivity index (χ3n) is 2.90. The highest BCUT2D eigenvalue weighted by atomic mass is 19.1. The van der Waals surface area contributed by atoms with Crippen molar-refractivity contribution in [3.8, 4) is 0 Å². The number of aromatic nitrogens is 1. The van der Waals surface area contributed by atoms with E-state index in [1.54, 1.807) is 6.07 Å². The molecule has 0 unspecified atom stereocenters. The molecule has 1 heterocycles. The van der Waals surface area contributed by atoms with Crippen molar-refractivity contribution in [3.63, 3.8) is 0 Å². The maximum Gasteiger partial charge on any atom is 0.328 e. The second-order valence-corrected chi connectivity index (χ2v) is 3.89. The van der Waals surface area contributed by atoms with Crippen LogP contribution in [0.15, 0.2) is 24.3 Å². The average molecular weight is 233 g/mol. The van der Waals surface area contributed by atoms with Crippen molar-refractivity contribution in [2.75, 3.05) is 0 Å². The number of benzene rings is 1. The Morgan fingerprint density at radius 1 is 1.47 bits per heavy atom. The Hall–Kier alpha value is -2.10. The quantitative estimate of drug-likeness (QED) is 0.810. The second kappa shape index (κ2) is 4.05. The fourth-order valence-electron chi connectivity index (χ4n) is 1.93. The monoisotopic (exact) mass is 233 g/mol. The van der Waals surface area contributed by atoms with Gasteiger partial charge < -0.3 is 9.67 Å². The van der Waals surface area contributed by atoms with Crippen LogP contribution in [-0.2, 0) is 11.8 Å². The van der Waals surface area contributed by atoms with Gasteiger partial charge in [0.1, 0.15) is 5.82 Å². The summed E-state index contributed by atoms with van der Waals surface area (Å²) in [5.41, 5.74) is 2.47. The number of hydrogen-bond acceptors (Lipinski definition) is 1. The number of rotatable bonds is 2. The van der Waals surface area contributed by atoms with Crippen LogP contribution >= 0.6 is 0 Å². The Balaban J connectivity index is 2.71. The maximum atomic E-state index is 13.1. The second-order valence-electron chi connectivity index (χ2n) is 3.89. The average Bonchev–Trinajstić information content (AvgIpc) is 2.50. The topological polar surface area (TPSA) is 42.2 Å². The van der Waals surface area contributed by atoms with Crippen LogP contribution in [0.4, 0.5) is 4.39 Å². The summed E-state index contributed by atoms with van der Waals surface area (Å²) in [5.74, 6) is -1.30. The minimum absolute atomic E-state index is 0.299. The highest BCUT2D eigenvalue weighted by molar-refractivity contribution is 5.95. The molecular formula is C13H12FNO2. The molecule has 0 aliphatic rings. The predicted molar refractivity (Wildman–Crippen MR) is 64.3 cm³/mol. The Morgan fingerprint density at radius 3 is 2.82 bits per heavy atom. The van der Waals surface area contributed by atoms with E-state index in [2.05, 4.69) is 0 Å². The number of fused-ring (bicyclic) bond motifs is 1. The Morgan fingerprint density at radius 2 is 2.18 bits per heavy atom. The van der Waals surface area contributed by atoms with Crippen LogP contribution in [0.25, 0.3) is 17.0 Å². The molecule has 0 atom stereocenters. The van der Waals surface area contributed by atoms with E-state index in [4.69, 9.17) is 5.11 Å². The lowest BCUT2D eigenvalue weighted by molar-refractivity contribution is -0.131. The molecule has 88 valence electrons. The molecule has 1 N–H and O–H groups in total. The molecule has 0 bridgehead atoms. The molecule has 1 aromatic carbocycles. The molecule has 0 aliphatic carbocycles. The highest BCUT2D eigenvalue weighted by Gasteiger charge is 2.10. The standard InChI is InChI=1S/C13H12FNO2/c1-8-10(5-6-13(16)17)11-4-3-9(14)7-12(11)15(8)2/h3-7H,1-2H3,(H,16,17)/b6-5+. The molecule has 17 heavy (non-hydrogen) atoms. The van der Waals surface area contributed by atoms with E-state index >= 15 is 0 Å². The first-order valence-electron chi connectivity index (χ1n) is 5.16. The van der Waals surface area contributed by atoms with Crippen molar-refractivity contribution >= 4 is 22.9 Å². The molecule has 3 nitrogen and oxygen atoms in total. The number of carboxylic acid groups (broad SMARTS) is 1. The van der Waals surface area contributed by atoms with Crippen LogP contribution in [-0.4, -0.2) is 15.6 Å². The minimum Gasteiger partial charge on any atom is -0.478 e. The Kier molecular flexibility index (Phi) is 2.71. The van der Waals surface area contributed by atoms with E-state index in [1.807, 2.05) is 18.5 Å². The predicted octanol–water partition coefficient (Wildman–Crippen LogP) is 2.72. The fraction of sp³-hybridized carbons (Fsp3) is 0.154. The molecule has 1 aromatic heterocycles. The van der Waals surface area contributed by atoms with Gasteiger partial charge in [-0.25, -0.2) is 9.18 Å². The lowest BCUT2D eigenvalue weighted by Crippen LogP contribution is -1.91. The number of carbonyl (C=O) groups is 1. The first-order chi connectivity index (χ1) is 8.00. The SMILES string of the molecule is Cc1c(/C=C/C(=O)O)c2ccc(F)cc2n1C. The third-order valence-corrected chi connectivity index (χ3v) is 2.90. The summed E-state index contributed by atoms with van der Waals surface area (Å²) >= 11 is 0. The lowest BCUT2D eigenvalue weighted by atomic mass is 10.1. The summed E-state index contributed by atoms with van der Waals surface area (Å²) < 4.78 is 15.0. The molecule has 0 saturated carbocycles. The maximum absolute atomic E-state index is 13.1. The molecular weight excluding hydrogens is 221 g/mol. The Bertz CT molecular complexity index is 626. The van der Waals surface area contributed by atoms with E-state index in [-0.39, 0.29) is 5.82 Å². The van der Waals surface area contributed by atoms with Gasteiger partial charge in [-0.2, -0.15) is 0 Å². The van der Waals surface area contributed by atoms with Gasteiger partial charge in [0.25, 0.3) is 0 Å². The summed E-state index contributed by atoms with van der Waals surface area (Å²) in [6.45, 7) is 1.87. The molecule has 2 rings (SSSR count). The zero-order valence-corrected chi connectivity index (χ0v) is 9.57. The molecule has 0 spiro atoms. The lowest BCUT2D eigenvalue weighted by Gasteiger charge is -1.97. The van der Waals surface area contributed by atoms with Gasteiger partial charge in [0.2, 0.25) is 0 Å². The van der Waals surface area contributed by atoms with Crippen molar-refractivity contribution in [2.24, 2.45) is 7.05 Å². The molecule has 0 aliphatic heterocycles. The van der Waals surface area contributed by atoms with Gasteiger partial charge in [-0.3, -0.25) is 0 Å². The molecule has 0 fully saturated rings. The van der Waals surface area contributed by atoms with Crippen LogP contribution in [0.5, 0.6) is 0 Å². The smallest absolute Gasteiger partial charge is 0.328 e. The normalized spacial score (nSPS) is 11.5. The van der Waals surface area contributed by atoms with Crippen LogP contribution in [0.1, 0.15) is 11.3 Å². The van der Waals surface area contributed by atoms with Crippen LogP contribution in [0.3, 0.4) is 0 Å². The number of aliphatic carboxylic acids is 1. The van der Waals surface area contributed by atoms with E-state index in [0.717, 1.165) is 28.2 Å². The molecule has 4 heteroatoms. The van der Waals surface area contributed by atoms with E-state index in [0.29, 0.717) is 0 Å². The number of hydrogen-bond donors (Lipinski definition) is 1. The largest absolute Gasteiger partial charge is 0.478 e. The van der Waals surface area contributed by atoms with Gasteiger partial charge in [0, 0.05) is 29.8 Å². The van der Waals surface area contributed by atoms with Crippen molar-refractivity contribution in [1.82, 2.24) is 4.57 Å². The van der Waals surface area contributed by atoms with Crippen molar-refractivity contribution in [1.29, 1.82) is 0 Å². The minimum atomic E-state index is -0.997. The summed E-state index contributed by atoms with van der Waals surface area (Å²) in [5, 5.41) is 9.49. The summed E-state index contributed by atoms with van der Waals surface area (Å²) in [6.07, 6.45) is 2.63. The number of aryl methyl sites for hydroxylation is 1. The van der Waals surface area contributed by atoms with Gasteiger partial charge in [0.05, 0.1) is 5.52 Å². The highest BCUT2D eigenvalue weighted by Crippen LogP contribution is 2.26. The van der Waals surface area contributed by atoms with E-state index < -0.39 is 5.97 Å². The number of nitrogens with zero attached hydrogens (tertiary/aromatic N) is 1. The third kappa shape index (κ3) is 1.93. The first-order valence-corrected chi connectivity index (χ1v) is 5.16. The van der Waals surface area contributed by atoms with Gasteiger partial charge in [-0.1, -0.05) is 0 Å². The molecule has 0 saturated heterocycles. The summed E-state index contributed by atoms with van der Waals surface area (Å²) in [7, 11) is 1.83. The number of carboxylic acids is 1. The van der Waals surface area contributed by atoms with Crippen LogP contribution < -0.4 is 0 Å². The Labute approximate surface area is 97.8 Å². The van der Waals surface area contributed by atoms with E-state index in [1.165, 1.54) is 18.2 Å². The zero-order chi connectivity index (χ0) is 12.6. The van der Waals surface area contributed by atoms with Crippen molar-refractivity contribution < 1.29 is 14.3 Å². The molecule has 0 radical (unpaired) electrons. The zero-order valence-electron chi connectivity index (χ0n) is 9.57. The van der Waals surface area contributed by atoms with Gasteiger partial charge in [-0.15, -0.1) is 0 Å². The van der Waals surface area contributed by atoms with Gasteiger partial charge >= 0.3 is 5.97 Å². The molecule has 2 aromatic rings. The van der Waals surface area contributed by atoms with Gasteiger partial charge in [0.15, 0.2) is 0 Å².